The SMILES string of the molecule is CCCCCCCC/C=C\C/C=C\CCC(=O)NC(COP(=O)(O)OCC[N+](C)(C)C)C(O)/C=C/CC/C=C/CCCCCCCC. The van der Waals surface area contributed by atoms with E-state index in [1.807, 2.05) is 33.3 Å². The fourth-order valence-corrected chi connectivity index (χ4v) is 5.49. The summed E-state index contributed by atoms with van der Waals surface area (Å²) in [5, 5.41) is 13.6. The molecule has 0 heterocycles. The Hall–Kier alpha value is -1.54. The van der Waals surface area contributed by atoms with Crippen LogP contribution in [0.4, 0.5) is 0 Å². The van der Waals surface area contributed by atoms with Crippen molar-refractivity contribution >= 4 is 13.7 Å². The normalized spacial score (nSPS) is 15.3. The van der Waals surface area contributed by atoms with Gasteiger partial charge >= 0.3 is 7.82 Å². The van der Waals surface area contributed by atoms with Gasteiger partial charge in [0.1, 0.15) is 13.2 Å². The first-order valence-corrected chi connectivity index (χ1v) is 20.0. The number of amides is 1. The Morgan fingerprint density at radius 3 is 1.83 bits per heavy atom. The second-order valence-electron chi connectivity index (χ2n) is 13.6. The van der Waals surface area contributed by atoms with E-state index in [1.54, 1.807) is 6.08 Å². The van der Waals surface area contributed by atoms with Gasteiger partial charge in [0.25, 0.3) is 0 Å². The molecule has 0 saturated heterocycles. The van der Waals surface area contributed by atoms with E-state index in [1.165, 1.54) is 77.0 Å². The third-order valence-corrected chi connectivity index (χ3v) is 8.77. The number of aliphatic hydroxyl groups is 1. The zero-order chi connectivity index (χ0) is 35.1. The Morgan fingerprint density at radius 1 is 0.723 bits per heavy atom. The fourth-order valence-electron chi connectivity index (χ4n) is 4.75. The number of unbranched alkanes of at least 4 members (excludes halogenated alkanes) is 13. The van der Waals surface area contributed by atoms with Gasteiger partial charge in [-0.15, -0.1) is 0 Å². The molecule has 0 aromatic carbocycles. The zero-order valence-corrected chi connectivity index (χ0v) is 31.6. The molecular formula is C38H72N2O6P+. The Kier molecular flexibility index (Phi) is 29.5. The number of phosphoric ester groups is 1. The van der Waals surface area contributed by atoms with Gasteiger partial charge in [-0.2, -0.15) is 0 Å². The van der Waals surface area contributed by atoms with Gasteiger partial charge in [0, 0.05) is 6.42 Å². The average molecular weight is 684 g/mol. The van der Waals surface area contributed by atoms with Crippen molar-refractivity contribution in [2.24, 2.45) is 0 Å². The Balaban J connectivity index is 4.72. The number of rotatable bonds is 32. The molecule has 0 spiro atoms. The number of quaternary nitrogens is 1. The molecule has 0 aliphatic rings. The van der Waals surface area contributed by atoms with E-state index in [4.69, 9.17) is 9.05 Å². The summed E-state index contributed by atoms with van der Waals surface area (Å²) in [5.41, 5.74) is 0. The van der Waals surface area contributed by atoms with E-state index in [0.717, 1.165) is 32.1 Å². The molecule has 0 bridgehead atoms. The van der Waals surface area contributed by atoms with Crippen LogP contribution in [0.5, 0.6) is 0 Å². The van der Waals surface area contributed by atoms with Crippen molar-refractivity contribution in [1.29, 1.82) is 0 Å². The van der Waals surface area contributed by atoms with Gasteiger partial charge in [-0.05, 0) is 51.4 Å². The molecule has 3 atom stereocenters. The van der Waals surface area contributed by atoms with Gasteiger partial charge in [0.15, 0.2) is 0 Å². The molecular weight excluding hydrogens is 611 g/mol. The first kappa shape index (κ1) is 45.5. The van der Waals surface area contributed by atoms with Crippen LogP contribution in [-0.4, -0.2) is 73.4 Å². The maximum atomic E-state index is 12.7. The molecule has 3 unspecified atom stereocenters. The molecule has 0 fully saturated rings. The average Bonchev–Trinajstić information content (AvgIpc) is 3.01. The van der Waals surface area contributed by atoms with Gasteiger partial charge in [0.05, 0.1) is 39.9 Å². The van der Waals surface area contributed by atoms with Crippen LogP contribution in [0.1, 0.15) is 136 Å². The summed E-state index contributed by atoms with van der Waals surface area (Å²) in [4.78, 5) is 22.9. The van der Waals surface area contributed by atoms with Gasteiger partial charge in [-0.1, -0.05) is 127 Å². The monoisotopic (exact) mass is 684 g/mol. The Bertz CT molecular complexity index is 912. The zero-order valence-electron chi connectivity index (χ0n) is 30.8. The largest absolute Gasteiger partial charge is 0.472 e. The van der Waals surface area contributed by atoms with Crippen LogP contribution in [0, 0.1) is 0 Å². The van der Waals surface area contributed by atoms with Gasteiger partial charge in [0.2, 0.25) is 5.91 Å². The lowest BCUT2D eigenvalue weighted by Gasteiger charge is -2.25. The first-order chi connectivity index (χ1) is 22.5. The van der Waals surface area contributed by atoms with Crippen molar-refractivity contribution in [1.82, 2.24) is 5.32 Å². The lowest BCUT2D eigenvalue weighted by Crippen LogP contribution is -2.45. The summed E-state index contributed by atoms with van der Waals surface area (Å²) in [5.74, 6) is -0.259. The van der Waals surface area contributed by atoms with Crippen molar-refractivity contribution in [3.63, 3.8) is 0 Å². The Morgan fingerprint density at radius 2 is 1.23 bits per heavy atom. The topological polar surface area (TPSA) is 105 Å². The number of nitrogens with zero attached hydrogens (tertiary/aromatic N) is 1. The number of carbonyl (C=O) groups excluding carboxylic acids is 1. The molecule has 0 rings (SSSR count). The molecule has 0 saturated carbocycles. The number of likely N-dealkylation sites (N-methyl/N-ethyl adjacent to an activating group) is 1. The first-order valence-electron chi connectivity index (χ1n) is 18.5. The molecule has 274 valence electrons. The lowest BCUT2D eigenvalue weighted by atomic mass is 10.1. The van der Waals surface area contributed by atoms with Crippen LogP contribution in [0.15, 0.2) is 48.6 Å². The highest BCUT2D eigenvalue weighted by atomic mass is 31.2. The van der Waals surface area contributed by atoms with Crippen molar-refractivity contribution in [2.75, 3.05) is 40.9 Å². The maximum absolute atomic E-state index is 12.7. The molecule has 0 aromatic heterocycles. The van der Waals surface area contributed by atoms with Crippen LogP contribution < -0.4 is 5.32 Å². The van der Waals surface area contributed by atoms with E-state index >= 15 is 0 Å². The number of carbonyl (C=O) groups is 1. The minimum atomic E-state index is -4.35. The number of allylic oxidation sites excluding steroid dienone is 7. The molecule has 0 aromatic rings. The van der Waals surface area contributed by atoms with Crippen LogP contribution in [-0.2, 0) is 18.4 Å². The van der Waals surface area contributed by atoms with Crippen LogP contribution in [0.2, 0.25) is 0 Å². The quantitative estimate of drug-likeness (QED) is 0.0283. The third kappa shape index (κ3) is 32.8. The van der Waals surface area contributed by atoms with Gasteiger partial charge in [-0.25, -0.2) is 4.57 Å². The molecule has 47 heavy (non-hydrogen) atoms. The number of aliphatic hydroxyl groups excluding tert-OH is 1. The smallest absolute Gasteiger partial charge is 0.387 e. The molecule has 8 nitrogen and oxygen atoms in total. The number of hydrogen-bond donors (Lipinski definition) is 3. The van der Waals surface area contributed by atoms with Crippen molar-refractivity contribution in [2.45, 2.75) is 148 Å². The third-order valence-electron chi connectivity index (χ3n) is 7.78. The summed E-state index contributed by atoms with van der Waals surface area (Å²) in [6.07, 6.45) is 36.2. The van der Waals surface area contributed by atoms with Crippen molar-refractivity contribution in [3.05, 3.63) is 48.6 Å². The van der Waals surface area contributed by atoms with E-state index < -0.39 is 20.0 Å². The lowest BCUT2D eigenvalue weighted by molar-refractivity contribution is -0.870. The van der Waals surface area contributed by atoms with Gasteiger partial charge < -0.3 is 19.8 Å². The summed E-state index contributed by atoms with van der Waals surface area (Å²) in [6.45, 7) is 4.68. The highest BCUT2D eigenvalue weighted by molar-refractivity contribution is 7.47. The van der Waals surface area contributed by atoms with Crippen LogP contribution in [0.25, 0.3) is 0 Å². The summed E-state index contributed by atoms with van der Waals surface area (Å²) < 4.78 is 23.3. The van der Waals surface area contributed by atoms with Crippen molar-refractivity contribution < 1.29 is 32.9 Å². The summed E-state index contributed by atoms with van der Waals surface area (Å²) >= 11 is 0. The second-order valence-corrected chi connectivity index (χ2v) is 15.0. The van der Waals surface area contributed by atoms with E-state index in [9.17, 15) is 19.4 Å². The molecule has 3 N–H and O–H groups in total. The molecule has 0 aliphatic carbocycles. The number of phosphoric acid groups is 1. The number of hydrogen-bond acceptors (Lipinski definition) is 5. The van der Waals surface area contributed by atoms with E-state index in [2.05, 4.69) is 49.5 Å². The summed E-state index contributed by atoms with van der Waals surface area (Å²) in [6, 6.07) is -0.890. The van der Waals surface area contributed by atoms with Crippen LogP contribution in [0.3, 0.4) is 0 Å². The minimum Gasteiger partial charge on any atom is -0.387 e. The highest BCUT2D eigenvalue weighted by Gasteiger charge is 2.27. The predicted molar refractivity (Wildman–Crippen MR) is 198 cm³/mol. The highest BCUT2D eigenvalue weighted by Crippen LogP contribution is 2.43. The molecule has 0 radical (unpaired) electrons. The van der Waals surface area contributed by atoms with Gasteiger partial charge in [-0.3, -0.25) is 13.8 Å². The number of nitrogens with one attached hydrogen (secondary N) is 1. The molecule has 0 aliphatic heterocycles. The maximum Gasteiger partial charge on any atom is 0.472 e. The standard InChI is InChI=1S/C38H71N2O6P/c1-6-8-10-12-14-16-18-20-22-24-26-28-30-32-38(42)39-36(35-46-47(43,44)45-34-33-40(3,4)5)37(41)31-29-27-25-23-21-19-17-15-13-11-9-7-2/h20-23,26,28-29,31,36-37,41H,6-19,24-25,27,30,32-35H2,1-5H3,(H-,39,42,43,44)/p+1/b22-20-,23-21+,28-26-,31-29+. The van der Waals surface area contributed by atoms with E-state index in [-0.39, 0.29) is 25.5 Å². The Labute approximate surface area is 289 Å². The molecule has 9 heteroatoms. The van der Waals surface area contributed by atoms with Crippen molar-refractivity contribution in [3.8, 4) is 0 Å². The van der Waals surface area contributed by atoms with E-state index in [0.29, 0.717) is 17.4 Å². The molecule has 1 amide bonds. The predicted octanol–water partition coefficient (Wildman–Crippen LogP) is 9.35. The minimum absolute atomic E-state index is 0.0453. The summed E-state index contributed by atoms with van der Waals surface area (Å²) in [7, 11) is 1.51. The second kappa shape index (κ2) is 30.5. The fraction of sp³-hybridized carbons (Fsp3) is 0.763. The van der Waals surface area contributed by atoms with Crippen LogP contribution >= 0.6 is 7.82 Å².